The molecule has 0 bridgehead atoms. The highest BCUT2D eigenvalue weighted by atomic mass is 16.5. The molecular formula is C17H19N3O3. The van der Waals surface area contributed by atoms with E-state index in [9.17, 15) is 9.59 Å². The number of hydrogen-bond donors (Lipinski definition) is 1. The molecule has 0 saturated carbocycles. The molecule has 2 aliphatic heterocycles. The van der Waals surface area contributed by atoms with Crippen LogP contribution >= 0.6 is 0 Å². The first kappa shape index (κ1) is 14.4. The number of para-hydroxylation sites is 1. The number of carbonyl (C=O) groups excluding carboxylic acids is 1. The van der Waals surface area contributed by atoms with E-state index in [1.54, 1.807) is 18.2 Å². The SMILES string of the molecule is O=C(c1nc2ccccc2c(=O)[nH]1)N1CCC[C@]2(CCOC2)C1. The Kier molecular flexibility index (Phi) is 3.41. The molecule has 120 valence electrons. The van der Waals surface area contributed by atoms with Crippen LogP contribution < -0.4 is 5.56 Å². The van der Waals surface area contributed by atoms with Crippen LogP contribution in [0.25, 0.3) is 10.9 Å². The summed E-state index contributed by atoms with van der Waals surface area (Å²) in [7, 11) is 0. The van der Waals surface area contributed by atoms with E-state index in [-0.39, 0.29) is 22.7 Å². The number of nitrogens with one attached hydrogen (secondary N) is 1. The van der Waals surface area contributed by atoms with Crippen LogP contribution in [0, 0.1) is 5.41 Å². The van der Waals surface area contributed by atoms with Crippen molar-refractivity contribution < 1.29 is 9.53 Å². The number of likely N-dealkylation sites (tertiary alicyclic amines) is 1. The Morgan fingerprint density at radius 2 is 2.17 bits per heavy atom. The third-order valence-electron chi connectivity index (χ3n) is 4.95. The molecule has 6 nitrogen and oxygen atoms in total. The van der Waals surface area contributed by atoms with Crippen LogP contribution in [0.4, 0.5) is 0 Å². The molecule has 1 amide bonds. The Morgan fingerprint density at radius 1 is 1.30 bits per heavy atom. The lowest BCUT2D eigenvalue weighted by Gasteiger charge is -2.39. The number of ether oxygens (including phenoxy) is 1. The van der Waals surface area contributed by atoms with Crippen molar-refractivity contribution in [3.8, 4) is 0 Å². The van der Waals surface area contributed by atoms with E-state index in [1.165, 1.54) is 0 Å². The van der Waals surface area contributed by atoms with Gasteiger partial charge >= 0.3 is 0 Å². The standard InChI is InChI=1S/C17H19N3O3/c21-15-12-4-1-2-5-13(12)18-14(19-15)16(22)20-8-3-6-17(10-20)7-9-23-11-17/h1-2,4-5H,3,6-11H2,(H,18,19,21)/t17-/m0/s1. The highest BCUT2D eigenvalue weighted by Gasteiger charge is 2.40. The smallest absolute Gasteiger partial charge is 0.289 e. The van der Waals surface area contributed by atoms with Crippen molar-refractivity contribution >= 4 is 16.8 Å². The van der Waals surface area contributed by atoms with Gasteiger partial charge in [0.2, 0.25) is 0 Å². The molecule has 1 N–H and O–H groups in total. The summed E-state index contributed by atoms with van der Waals surface area (Å²) in [5, 5.41) is 0.503. The van der Waals surface area contributed by atoms with Crippen molar-refractivity contribution in [1.29, 1.82) is 0 Å². The summed E-state index contributed by atoms with van der Waals surface area (Å²) in [6.45, 7) is 2.88. The van der Waals surface area contributed by atoms with Crippen LogP contribution in [0.15, 0.2) is 29.1 Å². The predicted octanol–water partition coefficient (Wildman–Crippen LogP) is 1.57. The van der Waals surface area contributed by atoms with Gasteiger partial charge in [0.05, 0.1) is 17.5 Å². The number of hydrogen-bond acceptors (Lipinski definition) is 4. The topological polar surface area (TPSA) is 75.3 Å². The van der Waals surface area contributed by atoms with Crippen molar-refractivity contribution in [2.45, 2.75) is 19.3 Å². The minimum atomic E-state index is -0.269. The third-order valence-corrected chi connectivity index (χ3v) is 4.95. The Bertz CT molecular complexity index is 808. The van der Waals surface area contributed by atoms with E-state index in [4.69, 9.17) is 4.74 Å². The molecular weight excluding hydrogens is 294 g/mol. The van der Waals surface area contributed by atoms with Crippen LogP contribution in [0.5, 0.6) is 0 Å². The fourth-order valence-electron chi connectivity index (χ4n) is 3.69. The zero-order chi connectivity index (χ0) is 15.9. The van der Waals surface area contributed by atoms with Gasteiger partial charge in [-0.15, -0.1) is 0 Å². The average molecular weight is 313 g/mol. The third kappa shape index (κ3) is 2.53. The summed E-state index contributed by atoms with van der Waals surface area (Å²) < 4.78 is 5.54. The number of fused-ring (bicyclic) bond motifs is 1. The number of amides is 1. The second-order valence-corrected chi connectivity index (χ2v) is 6.56. The lowest BCUT2D eigenvalue weighted by atomic mass is 9.79. The predicted molar refractivity (Wildman–Crippen MR) is 85.4 cm³/mol. The molecule has 0 aliphatic carbocycles. The van der Waals surface area contributed by atoms with Gasteiger partial charge in [0, 0.05) is 25.1 Å². The molecule has 1 atom stereocenters. The molecule has 2 fully saturated rings. The molecule has 23 heavy (non-hydrogen) atoms. The Balaban J connectivity index is 1.65. The maximum absolute atomic E-state index is 12.8. The number of H-pyrrole nitrogens is 1. The minimum absolute atomic E-state index is 0.0883. The molecule has 1 aromatic heterocycles. The second-order valence-electron chi connectivity index (χ2n) is 6.56. The Labute approximate surface area is 133 Å². The second kappa shape index (κ2) is 5.45. The quantitative estimate of drug-likeness (QED) is 0.867. The fourth-order valence-corrected chi connectivity index (χ4v) is 3.69. The van der Waals surface area contributed by atoms with E-state index in [0.717, 1.165) is 32.5 Å². The molecule has 0 radical (unpaired) electrons. The molecule has 3 heterocycles. The normalized spacial score (nSPS) is 24.4. The van der Waals surface area contributed by atoms with Crippen LogP contribution in [0.3, 0.4) is 0 Å². The van der Waals surface area contributed by atoms with E-state index in [1.807, 2.05) is 11.0 Å². The zero-order valence-corrected chi connectivity index (χ0v) is 12.9. The molecule has 2 saturated heterocycles. The number of carbonyl (C=O) groups is 1. The first-order chi connectivity index (χ1) is 11.2. The summed E-state index contributed by atoms with van der Waals surface area (Å²) in [5.74, 6) is -0.0662. The van der Waals surface area contributed by atoms with Gasteiger partial charge in [-0.25, -0.2) is 4.98 Å². The molecule has 2 aromatic rings. The highest BCUT2D eigenvalue weighted by molar-refractivity contribution is 5.92. The molecule has 6 heteroatoms. The van der Waals surface area contributed by atoms with E-state index >= 15 is 0 Å². The number of nitrogens with zero attached hydrogens (tertiary/aromatic N) is 2. The monoisotopic (exact) mass is 313 g/mol. The Hall–Kier alpha value is -2.21. The molecule has 2 aliphatic rings. The van der Waals surface area contributed by atoms with Crippen molar-refractivity contribution in [2.75, 3.05) is 26.3 Å². The number of piperidine rings is 1. The molecule has 0 unspecified atom stereocenters. The zero-order valence-electron chi connectivity index (χ0n) is 12.9. The highest BCUT2D eigenvalue weighted by Crippen LogP contribution is 2.37. The lowest BCUT2D eigenvalue weighted by Crippen LogP contribution is -2.47. The van der Waals surface area contributed by atoms with E-state index in [2.05, 4.69) is 9.97 Å². The van der Waals surface area contributed by atoms with Gasteiger partial charge in [0.1, 0.15) is 0 Å². The Morgan fingerprint density at radius 3 is 3.00 bits per heavy atom. The van der Waals surface area contributed by atoms with Crippen LogP contribution in [-0.4, -0.2) is 47.1 Å². The summed E-state index contributed by atoms with van der Waals surface area (Å²) in [6, 6.07) is 7.06. The van der Waals surface area contributed by atoms with Crippen LogP contribution in [0.1, 0.15) is 29.9 Å². The largest absolute Gasteiger partial charge is 0.381 e. The van der Waals surface area contributed by atoms with Gasteiger partial charge in [-0.05, 0) is 31.4 Å². The van der Waals surface area contributed by atoms with Crippen molar-refractivity contribution in [3.63, 3.8) is 0 Å². The van der Waals surface area contributed by atoms with E-state index < -0.39 is 0 Å². The van der Waals surface area contributed by atoms with Crippen molar-refractivity contribution in [2.24, 2.45) is 5.41 Å². The summed E-state index contributed by atoms with van der Waals surface area (Å²) in [4.78, 5) is 33.7. The molecule has 1 aromatic carbocycles. The minimum Gasteiger partial charge on any atom is -0.381 e. The summed E-state index contributed by atoms with van der Waals surface area (Å²) in [5.41, 5.74) is 0.371. The van der Waals surface area contributed by atoms with Gasteiger partial charge in [-0.3, -0.25) is 9.59 Å². The number of aromatic amines is 1. The van der Waals surface area contributed by atoms with Gasteiger partial charge in [0.25, 0.3) is 11.5 Å². The number of aromatic nitrogens is 2. The number of rotatable bonds is 1. The number of benzene rings is 1. The fraction of sp³-hybridized carbons (Fsp3) is 0.471. The average Bonchev–Trinajstić information content (AvgIpc) is 3.02. The van der Waals surface area contributed by atoms with Crippen molar-refractivity contribution in [1.82, 2.24) is 14.9 Å². The molecule has 1 spiro atoms. The van der Waals surface area contributed by atoms with Crippen molar-refractivity contribution in [3.05, 3.63) is 40.4 Å². The van der Waals surface area contributed by atoms with Crippen LogP contribution in [-0.2, 0) is 4.74 Å². The summed E-state index contributed by atoms with van der Waals surface area (Å²) >= 11 is 0. The maximum Gasteiger partial charge on any atom is 0.289 e. The van der Waals surface area contributed by atoms with Gasteiger partial charge in [-0.2, -0.15) is 0 Å². The van der Waals surface area contributed by atoms with Gasteiger partial charge in [-0.1, -0.05) is 12.1 Å². The first-order valence-corrected chi connectivity index (χ1v) is 8.03. The van der Waals surface area contributed by atoms with Gasteiger partial charge in [0.15, 0.2) is 5.82 Å². The molecule has 4 rings (SSSR count). The summed E-state index contributed by atoms with van der Waals surface area (Å²) in [6.07, 6.45) is 3.06. The van der Waals surface area contributed by atoms with E-state index in [0.29, 0.717) is 24.0 Å². The van der Waals surface area contributed by atoms with Crippen LogP contribution in [0.2, 0.25) is 0 Å². The lowest BCUT2D eigenvalue weighted by molar-refractivity contribution is 0.0452. The first-order valence-electron chi connectivity index (χ1n) is 8.03. The van der Waals surface area contributed by atoms with Gasteiger partial charge < -0.3 is 14.6 Å². The maximum atomic E-state index is 12.8.